The molecule has 1 aromatic heterocycles. The third-order valence-electron chi connectivity index (χ3n) is 4.47. The standard InChI is InChI=1S/C21H20ClN5O2/c1-23-19-8-4-16(5-9-19)13-20(29)14-17(12-15-2-6-18(22)7-3-15)21-24-26-27(25-21)10-11-28/h2-9,17,28H,10-14H2/t17-/m1/s1. The number of aromatic nitrogens is 4. The highest BCUT2D eigenvalue weighted by Crippen LogP contribution is 2.24. The Labute approximate surface area is 173 Å². The average Bonchev–Trinajstić information content (AvgIpc) is 3.19. The first-order chi connectivity index (χ1) is 14.1. The van der Waals surface area contributed by atoms with Crippen LogP contribution in [-0.2, 0) is 24.2 Å². The molecule has 0 unspecified atom stereocenters. The maximum absolute atomic E-state index is 12.7. The van der Waals surface area contributed by atoms with Crippen LogP contribution in [0.2, 0.25) is 5.02 Å². The molecular formula is C21H20ClN5O2. The first-order valence-electron chi connectivity index (χ1n) is 9.18. The van der Waals surface area contributed by atoms with Crippen molar-refractivity contribution >= 4 is 23.1 Å². The Bertz CT molecular complexity index is 993. The summed E-state index contributed by atoms with van der Waals surface area (Å²) in [5.74, 6) is 0.293. The van der Waals surface area contributed by atoms with Gasteiger partial charge in [-0.3, -0.25) is 4.79 Å². The van der Waals surface area contributed by atoms with Crippen LogP contribution >= 0.6 is 11.6 Å². The molecule has 2 aromatic carbocycles. The van der Waals surface area contributed by atoms with Gasteiger partial charge in [0, 0.05) is 23.8 Å². The molecule has 0 fully saturated rings. The zero-order valence-electron chi connectivity index (χ0n) is 15.7. The molecule has 1 N–H and O–H groups in total. The number of rotatable bonds is 9. The minimum Gasteiger partial charge on any atom is -0.394 e. The molecule has 0 aliphatic rings. The van der Waals surface area contributed by atoms with E-state index in [-0.39, 0.29) is 37.7 Å². The van der Waals surface area contributed by atoms with Gasteiger partial charge in [0.2, 0.25) is 0 Å². The van der Waals surface area contributed by atoms with E-state index in [1.165, 1.54) is 4.80 Å². The SMILES string of the molecule is [C-]#[N+]c1ccc(CC(=O)C[C@@H](Cc2ccc(Cl)cc2)c2nnn(CCO)n2)cc1. The second kappa shape index (κ2) is 9.92. The second-order valence-corrected chi connectivity index (χ2v) is 7.13. The van der Waals surface area contributed by atoms with E-state index in [1.807, 2.05) is 24.3 Å². The van der Waals surface area contributed by atoms with Crippen LogP contribution in [0.25, 0.3) is 4.85 Å². The van der Waals surface area contributed by atoms with Gasteiger partial charge in [0.15, 0.2) is 11.5 Å². The van der Waals surface area contributed by atoms with Crippen LogP contribution in [0.5, 0.6) is 0 Å². The lowest BCUT2D eigenvalue weighted by Crippen LogP contribution is -2.14. The van der Waals surface area contributed by atoms with Gasteiger partial charge in [-0.15, -0.1) is 10.2 Å². The topological polar surface area (TPSA) is 85.3 Å². The van der Waals surface area contributed by atoms with Gasteiger partial charge in [0.25, 0.3) is 0 Å². The van der Waals surface area contributed by atoms with Gasteiger partial charge < -0.3 is 5.11 Å². The van der Waals surface area contributed by atoms with Crippen LogP contribution in [0, 0.1) is 6.57 Å². The summed E-state index contributed by atoms with van der Waals surface area (Å²) in [5, 5.41) is 22.1. The fraction of sp³-hybridized carbons (Fsp3) is 0.286. The molecule has 0 saturated carbocycles. The molecule has 0 saturated heterocycles. The Kier molecular flexibility index (Phi) is 7.06. The zero-order valence-corrected chi connectivity index (χ0v) is 16.5. The molecule has 1 atom stereocenters. The van der Waals surface area contributed by atoms with Crippen molar-refractivity contribution in [2.45, 2.75) is 31.7 Å². The predicted molar refractivity (Wildman–Crippen MR) is 109 cm³/mol. The number of nitrogens with zero attached hydrogens (tertiary/aromatic N) is 5. The Morgan fingerprint density at radius 3 is 2.48 bits per heavy atom. The lowest BCUT2D eigenvalue weighted by molar-refractivity contribution is -0.118. The molecule has 8 heteroatoms. The van der Waals surface area contributed by atoms with E-state index < -0.39 is 0 Å². The number of benzene rings is 2. The van der Waals surface area contributed by atoms with Crippen molar-refractivity contribution in [1.82, 2.24) is 20.2 Å². The summed E-state index contributed by atoms with van der Waals surface area (Å²) in [6.07, 6.45) is 1.11. The molecule has 0 aliphatic carbocycles. The molecule has 7 nitrogen and oxygen atoms in total. The van der Waals surface area contributed by atoms with Gasteiger partial charge in [-0.2, -0.15) is 4.80 Å². The maximum Gasteiger partial charge on any atom is 0.187 e. The zero-order chi connectivity index (χ0) is 20.6. The molecule has 3 aromatic rings. The van der Waals surface area contributed by atoms with E-state index >= 15 is 0 Å². The quantitative estimate of drug-likeness (QED) is 0.547. The Hall–Kier alpha value is -3.08. The number of tetrazole rings is 1. The second-order valence-electron chi connectivity index (χ2n) is 6.69. The summed E-state index contributed by atoms with van der Waals surface area (Å²) >= 11 is 5.97. The number of carbonyl (C=O) groups excluding carboxylic acids is 1. The molecule has 29 heavy (non-hydrogen) atoms. The highest BCUT2D eigenvalue weighted by atomic mass is 35.5. The van der Waals surface area contributed by atoms with E-state index in [1.54, 1.807) is 24.3 Å². The van der Waals surface area contributed by atoms with Crippen LogP contribution < -0.4 is 0 Å². The summed E-state index contributed by atoms with van der Waals surface area (Å²) in [6.45, 7) is 7.17. The minimum atomic E-state index is -0.237. The molecular weight excluding hydrogens is 390 g/mol. The smallest absolute Gasteiger partial charge is 0.187 e. The fourth-order valence-electron chi connectivity index (χ4n) is 3.03. The highest BCUT2D eigenvalue weighted by molar-refractivity contribution is 6.30. The Balaban J connectivity index is 1.74. The van der Waals surface area contributed by atoms with E-state index in [4.69, 9.17) is 23.3 Å². The van der Waals surface area contributed by atoms with Crippen molar-refractivity contribution in [3.8, 4) is 0 Å². The number of hydrogen-bond donors (Lipinski definition) is 1. The van der Waals surface area contributed by atoms with Crippen molar-refractivity contribution in [3.63, 3.8) is 0 Å². The normalized spacial score (nSPS) is 11.8. The third-order valence-corrected chi connectivity index (χ3v) is 4.72. The first-order valence-corrected chi connectivity index (χ1v) is 9.56. The summed E-state index contributed by atoms with van der Waals surface area (Å²) < 4.78 is 0. The summed E-state index contributed by atoms with van der Waals surface area (Å²) in [6, 6.07) is 14.5. The number of hydrogen-bond acceptors (Lipinski definition) is 5. The minimum absolute atomic E-state index is 0.0537. The molecule has 0 aliphatic heterocycles. The van der Waals surface area contributed by atoms with Crippen LogP contribution in [0.3, 0.4) is 0 Å². The molecule has 0 bridgehead atoms. The maximum atomic E-state index is 12.7. The molecule has 0 spiro atoms. The van der Waals surface area contributed by atoms with Crippen LogP contribution in [0.15, 0.2) is 48.5 Å². The van der Waals surface area contributed by atoms with Gasteiger partial charge in [-0.25, -0.2) is 4.85 Å². The van der Waals surface area contributed by atoms with Gasteiger partial charge in [-0.1, -0.05) is 48.0 Å². The van der Waals surface area contributed by atoms with E-state index in [0.29, 0.717) is 23.0 Å². The number of carbonyl (C=O) groups is 1. The fourth-order valence-corrected chi connectivity index (χ4v) is 3.15. The van der Waals surface area contributed by atoms with Crippen molar-refractivity contribution in [3.05, 3.63) is 81.9 Å². The number of halogens is 1. The highest BCUT2D eigenvalue weighted by Gasteiger charge is 2.22. The van der Waals surface area contributed by atoms with Crippen LogP contribution in [-0.4, -0.2) is 37.7 Å². The summed E-state index contributed by atoms with van der Waals surface area (Å²) in [7, 11) is 0. The monoisotopic (exact) mass is 409 g/mol. The lowest BCUT2D eigenvalue weighted by atomic mass is 9.91. The van der Waals surface area contributed by atoms with Gasteiger partial charge >= 0.3 is 0 Å². The van der Waals surface area contributed by atoms with Crippen molar-refractivity contribution < 1.29 is 9.90 Å². The molecule has 1 heterocycles. The average molecular weight is 410 g/mol. The largest absolute Gasteiger partial charge is 0.394 e. The first kappa shape index (κ1) is 20.6. The van der Waals surface area contributed by atoms with Crippen molar-refractivity contribution in [2.75, 3.05) is 6.61 Å². The number of Topliss-reactive ketones (excluding diaryl/α,β-unsaturated/α-hetero) is 1. The van der Waals surface area contributed by atoms with E-state index in [0.717, 1.165) is 11.1 Å². The van der Waals surface area contributed by atoms with Gasteiger partial charge in [0.05, 0.1) is 19.7 Å². The van der Waals surface area contributed by atoms with Crippen molar-refractivity contribution in [2.24, 2.45) is 0 Å². The van der Waals surface area contributed by atoms with Crippen LogP contribution in [0.4, 0.5) is 5.69 Å². The van der Waals surface area contributed by atoms with Gasteiger partial charge in [0.1, 0.15) is 5.78 Å². The van der Waals surface area contributed by atoms with E-state index in [9.17, 15) is 4.79 Å². The molecule has 0 amide bonds. The van der Waals surface area contributed by atoms with Crippen LogP contribution in [0.1, 0.15) is 29.3 Å². The lowest BCUT2D eigenvalue weighted by Gasteiger charge is -2.13. The van der Waals surface area contributed by atoms with Gasteiger partial charge in [-0.05, 0) is 34.9 Å². The summed E-state index contributed by atoms with van der Waals surface area (Å²) in [4.78, 5) is 17.4. The molecule has 3 rings (SSSR count). The predicted octanol–water partition coefficient (Wildman–Crippen LogP) is 3.40. The number of aliphatic hydroxyl groups excluding tert-OH is 1. The summed E-state index contributed by atoms with van der Waals surface area (Å²) in [5.41, 5.74) is 2.43. The molecule has 0 radical (unpaired) electrons. The molecule has 148 valence electrons. The Morgan fingerprint density at radius 1 is 1.14 bits per heavy atom. The number of aliphatic hydroxyl groups is 1. The Morgan fingerprint density at radius 2 is 1.83 bits per heavy atom. The third kappa shape index (κ3) is 5.95. The van der Waals surface area contributed by atoms with Crippen molar-refractivity contribution in [1.29, 1.82) is 0 Å². The number of ketones is 1. The van der Waals surface area contributed by atoms with E-state index in [2.05, 4.69) is 20.3 Å².